The Labute approximate surface area is 127 Å². The van der Waals surface area contributed by atoms with Crippen molar-refractivity contribution < 1.29 is 13.2 Å². The van der Waals surface area contributed by atoms with Crippen molar-refractivity contribution in [1.82, 2.24) is 9.97 Å². The molecule has 1 aromatic heterocycles. The third-order valence-corrected chi connectivity index (χ3v) is 3.95. The first kappa shape index (κ1) is 16.3. The van der Waals surface area contributed by atoms with E-state index in [9.17, 15) is 13.2 Å². The van der Waals surface area contributed by atoms with Crippen LogP contribution < -0.4 is 11.1 Å². The van der Waals surface area contributed by atoms with Crippen molar-refractivity contribution in [1.29, 1.82) is 0 Å². The van der Waals surface area contributed by atoms with Gasteiger partial charge in [-0.2, -0.15) is 13.2 Å². The van der Waals surface area contributed by atoms with Gasteiger partial charge in [-0.05, 0) is 32.1 Å². The van der Waals surface area contributed by atoms with E-state index >= 15 is 0 Å². The smallest absolute Gasteiger partial charge is 0.364 e. The molecule has 0 aromatic carbocycles. The second-order valence-electron chi connectivity index (χ2n) is 5.61. The lowest BCUT2D eigenvalue weighted by Gasteiger charge is -2.20. The largest absolute Gasteiger partial charge is 0.434 e. The first-order valence-corrected chi connectivity index (χ1v) is 6.91. The van der Waals surface area contributed by atoms with Crippen LogP contribution in [0.2, 0.25) is 0 Å². The van der Waals surface area contributed by atoms with Crippen molar-refractivity contribution >= 4 is 18.2 Å². The van der Waals surface area contributed by atoms with Crippen LogP contribution in [-0.2, 0) is 6.18 Å². The number of rotatable bonds is 3. The van der Waals surface area contributed by atoms with Crippen molar-refractivity contribution in [3.63, 3.8) is 0 Å². The van der Waals surface area contributed by atoms with Crippen LogP contribution in [0.4, 0.5) is 19.0 Å². The molecule has 2 aliphatic carbocycles. The van der Waals surface area contributed by atoms with Crippen molar-refractivity contribution in [3.8, 4) is 0 Å². The third kappa shape index (κ3) is 3.58. The predicted octanol–water partition coefficient (Wildman–Crippen LogP) is 3.09. The monoisotopic (exact) mass is 322 g/mol. The number of nitrogens with two attached hydrogens (primary N) is 1. The predicted molar refractivity (Wildman–Crippen MR) is 75.5 cm³/mol. The van der Waals surface area contributed by atoms with Crippen LogP contribution in [0.3, 0.4) is 0 Å². The molecule has 3 N–H and O–H groups in total. The van der Waals surface area contributed by atoms with Crippen LogP contribution in [0.1, 0.15) is 49.4 Å². The zero-order valence-corrected chi connectivity index (χ0v) is 12.2. The normalized spacial score (nSPS) is 25.5. The Balaban J connectivity index is 0.00000161. The van der Waals surface area contributed by atoms with E-state index in [0.29, 0.717) is 11.5 Å². The van der Waals surface area contributed by atoms with Gasteiger partial charge in [0.25, 0.3) is 0 Å². The minimum Gasteiger partial charge on any atom is -0.364 e. The fourth-order valence-corrected chi connectivity index (χ4v) is 2.64. The molecule has 3 rings (SSSR count). The van der Waals surface area contributed by atoms with Gasteiger partial charge in [0.15, 0.2) is 5.69 Å². The second-order valence-corrected chi connectivity index (χ2v) is 5.61. The summed E-state index contributed by atoms with van der Waals surface area (Å²) in [5, 5.41) is 3.19. The highest BCUT2D eigenvalue weighted by Crippen LogP contribution is 2.43. The molecule has 0 saturated heterocycles. The number of alkyl halides is 3. The van der Waals surface area contributed by atoms with E-state index in [1.54, 1.807) is 0 Å². The number of hydrogen-bond acceptors (Lipinski definition) is 4. The highest BCUT2D eigenvalue weighted by atomic mass is 35.5. The van der Waals surface area contributed by atoms with E-state index in [2.05, 4.69) is 15.3 Å². The van der Waals surface area contributed by atoms with Crippen molar-refractivity contribution in [2.24, 2.45) is 5.73 Å². The van der Waals surface area contributed by atoms with Gasteiger partial charge < -0.3 is 11.1 Å². The highest BCUT2D eigenvalue weighted by molar-refractivity contribution is 5.85. The quantitative estimate of drug-likeness (QED) is 0.897. The fourth-order valence-electron chi connectivity index (χ4n) is 2.64. The van der Waals surface area contributed by atoms with Crippen LogP contribution in [0.15, 0.2) is 6.20 Å². The molecule has 0 bridgehead atoms. The minimum atomic E-state index is -4.45. The van der Waals surface area contributed by atoms with Gasteiger partial charge in [0.05, 0.1) is 11.9 Å². The number of nitrogens with zero attached hydrogens (tertiary/aromatic N) is 2. The van der Waals surface area contributed by atoms with Gasteiger partial charge in [-0.1, -0.05) is 0 Å². The van der Waals surface area contributed by atoms with Gasteiger partial charge in [0.1, 0.15) is 5.82 Å². The van der Waals surface area contributed by atoms with Crippen LogP contribution in [0.25, 0.3) is 0 Å². The molecule has 1 aromatic rings. The summed E-state index contributed by atoms with van der Waals surface area (Å²) in [5.41, 5.74) is 5.50. The number of aromatic nitrogens is 2. The van der Waals surface area contributed by atoms with Crippen molar-refractivity contribution in [2.75, 3.05) is 5.32 Å². The topological polar surface area (TPSA) is 63.8 Å². The van der Waals surface area contributed by atoms with Gasteiger partial charge in [0, 0.05) is 18.0 Å². The summed E-state index contributed by atoms with van der Waals surface area (Å²) in [7, 11) is 0. The van der Waals surface area contributed by atoms with Gasteiger partial charge in [-0.25, -0.2) is 9.97 Å². The molecule has 21 heavy (non-hydrogen) atoms. The molecule has 8 heteroatoms. The Morgan fingerprint density at radius 3 is 2.43 bits per heavy atom. The molecule has 0 spiro atoms. The fraction of sp³-hybridized carbons (Fsp3) is 0.692. The Kier molecular flexibility index (Phi) is 4.63. The Hall–Kier alpha value is -1.08. The molecule has 2 fully saturated rings. The van der Waals surface area contributed by atoms with E-state index in [1.807, 2.05) is 0 Å². The van der Waals surface area contributed by atoms with E-state index in [4.69, 9.17) is 5.73 Å². The molecule has 2 aliphatic rings. The maximum Gasteiger partial charge on any atom is 0.434 e. The molecule has 2 atom stereocenters. The minimum absolute atomic E-state index is 0. The molecule has 118 valence electrons. The summed E-state index contributed by atoms with van der Waals surface area (Å²) >= 11 is 0. The third-order valence-electron chi connectivity index (χ3n) is 3.95. The van der Waals surface area contributed by atoms with Gasteiger partial charge >= 0.3 is 6.18 Å². The van der Waals surface area contributed by atoms with Crippen molar-refractivity contribution in [3.05, 3.63) is 17.6 Å². The molecule has 1 heterocycles. The zero-order valence-electron chi connectivity index (χ0n) is 11.4. The Bertz CT molecular complexity index is 505. The average Bonchev–Trinajstić information content (AvgIpc) is 3.14. The molecular weight excluding hydrogens is 305 g/mol. The molecule has 0 aliphatic heterocycles. The van der Waals surface area contributed by atoms with Crippen molar-refractivity contribution in [2.45, 2.75) is 56.3 Å². The number of halogens is 4. The number of hydrogen-bond donors (Lipinski definition) is 2. The van der Waals surface area contributed by atoms with Crippen LogP contribution in [-0.4, -0.2) is 22.1 Å². The maximum absolute atomic E-state index is 12.7. The standard InChI is InChI=1S/C13H17F3N4.ClH/c14-13(15,16)10-6-18-12(11(20-10)7-4-5-7)19-9-3-1-2-8(9)17;/h6-9H,1-5,17H2,(H,18,19);1H/t8-,9-;/m0./s1. The molecule has 0 unspecified atom stereocenters. The summed E-state index contributed by atoms with van der Waals surface area (Å²) in [6.45, 7) is 0. The lowest BCUT2D eigenvalue weighted by molar-refractivity contribution is -0.141. The first-order valence-electron chi connectivity index (χ1n) is 6.91. The molecule has 0 amide bonds. The summed E-state index contributed by atoms with van der Waals surface area (Å²) in [6.07, 6.45) is 1.00. The van der Waals surface area contributed by atoms with E-state index in [-0.39, 0.29) is 30.4 Å². The Morgan fingerprint density at radius 1 is 1.19 bits per heavy atom. The summed E-state index contributed by atoms with van der Waals surface area (Å²) in [6, 6.07) is 0.115. The number of anilines is 1. The van der Waals surface area contributed by atoms with Gasteiger partial charge in [-0.15, -0.1) is 12.4 Å². The van der Waals surface area contributed by atoms with Gasteiger partial charge in [0.2, 0.25) is 0 Å². The molecule has 4 nitrogen and oxygen atoms in total. The first-order chi connectivity index (χ1) is 9.45. The summed E-state index contributed by atoms with van der Waals surface area (Å²) in [5.74, 6) is 0.577. The summed E-state index contributed by atoms with van der Waals surface area (Å²) in [4.78, 5) is 7.74. The van der Waals surface area contributed by atoms with E-state index in [0.717, 1.165) is 38.3 Å². The second kappa shape index (κ2) is 5.96. The molecule has 0 radical (unpaired) electrons. The number of nitrogens with one attached hydrogen (secondary N) is 1. The lowest BCUT2D eigenvalue weighted by atomic mass is 10.1. The highest BCUT2D eigenvalue weighted by Gasteiger charge is 2.37. The van der Waals surface area contributed by atoms with Gasteiger partial charge in [-0.3, -0.25) is 0 Å². The Morgan fingerprint density at radius 2 is 1.90 bits per heavy atom. The lowest BCUT2D eigenvalue weighted by Crippen LogP contribution is -2.36. The van der Waals surface area contributed by atoms with Crippen LogP contribution in [0, 0.1) is 0 Å². The SMILES string of the molecule is Cl.N[C@H]1CCC[C@@H]1Nc1ncc(C(F)(F)F)nc1C1CC1. The molecular formula is C13H18ClF3N4. The summed E-state index contributed by atoms with van der Waals surface area (Å²) < 4.78 is 38.1. The zero-order chi connectivity index (χ0) is 14.3. The van der Waals surface area contributed by atoms with E-state index in [1.165, 1.54) is 0 Å². The van der Waals surface area contributed by atoms with E-state index < -0.39 is 11.9 Å². The van der Waals surface area contributed by atoms with Crippen LogP contribution >= 0.6 is 12.4 Å². The molecule has 2 saturated carbocycles. The maximum atomic E-state index is 12.7. The average molecular weight is 323 g/mol. The van der Waals surface area contributed by atoms with Crippen LogP contribution in [0.5, 0.6) is 0 Å².